The summed E-state index contributed by atoms with van der Waals surface area (Å²) in [7, 11) is 0. The summed E-state index contributed by atoms with van der Waals surface area (Å²) in [6.07, 6.45) is 5.16. The third kappa shape index (κ3) is 3.65. The fraction of sp³-hybridized carbons (Fsp3) is 0.909. The van der Waals surface area contributed by atoms with Gasteiger partial charge in [-0.25, -0.2) is 0 Å². The molecule has 0 bridgehead atoms. The van der Waals surface area contributed by atoms with Crippen molar-refractivity contribution in [3.63, 3.8) is 0 Å². The summed E-state index contributed by atoms with van der Waals surface area (Å²) in [5.41, 5.74) is 5.62. The van der Waals surface area contributed by atoms with E-state index in [-0.39, 0.29) is 6.04 Å². The molecule has 3 heteroatoms. The minimum Gasteiger partial charge on any atom is -0.315 e. The van der Waals surface area contributed by atoms with Gasteiger partial charge in [0.2, 0.25) is 0 Å². The van der Waals surface area contributed by atoms with Crippen LogP contribution in [-0.2, 0) is 0 Å². The van der Waals surface area contributed by atoms with Crippen molar-refractivity contribution >= 4 is 0 Å². The lowest BCUT2D eigenvalue weighted by molar-refractivity contribution is 0.275. The van der Waals surface area contributed by atoms with Crippen molar-refractivity contribution in [1.29, 1.82) is 5.26 Å². The van der Waals surface area contributed by atoms with E-state index < -0.39 is 0 Å². The van der Waals surface area contributed by atoms with Crippen LogP contribution in [0.1, 0.15) is 32.6 Å². The van der Waals surface area contributed by atoms with E-state index >= 15 is 0 Å². The quantitative estimate of drug-likeness (QED) is 0.739. The number of nitriles is 1. The van der Waals surface area contributed by atoms with Crippen LogP contribution in [0.4, 0.5) is 0 Å². The Morgan fingerprint density at radius 1 is 1.50 bits per heavy atom. The highest BCUT2D eigenvalue weighted by molar-refractivity contribution is 4.89. The lowest BCUT2D eigenvalue weighted by atomic mass is 9.98. The van der Waals surface area contributed by atoms with E-state index in [1.54, 1.807) is 0 Å². The highest BCUT2D eigenvalue weighted by Gasteiger charge is 2.16. The molecule has 80 valence electrons. The molecule has 0 aromatic heterocycles. The van der Waals surface area contributed by atoms with Crippen LogP contribution in [0.3, 0.4) is 0 Å². The molecule has 1 aliphatic rings. The van der Waals surface area contributed by atoms with Gasteiger partial charge >= 0.3 is 0 Å². The summed E-state index contributed by atoms with van der Waals surface area (Å²) in [5, 5.41) is 8.63. The van der Waals surface area contributed by atoms with E-state index in [0.717, 1.165) is 25.6 Å². The van der Waals surface area contributed by atoms with E-state index in [4.69, 9.17) is 11.0 Å². The molecule has 0 aromatic carbocycles. The van der Waals surface area contributed by atoms with Gasteiger partial charge < -0.3 is 10.6 Å². The maximum absolute atomic E-state index is 8.63. The van der Waals surface area contributed by atoms with E-state index in [2.05, 4.69) is 17.9 Å². The molecule has 2 N–H and O–H groups in total. The van der Waals surface area contributed by atoms with Gasteiger partial charge in [-0.15, -0.1) is 0 Å². The van der Waals surface area contributed by atoms with Crippen LogP contribution >= 0.6 is 0 Å². The fourth-order valence-electron chi connectivity index (χ4n) is 2.13. The Kier molecular flexibility index (Phi) is 4.92. The molecule has 1 fully saturated rings. The Morgan fingerprint density at radius 3 is 2.93 bits per heavy atom. The van der Waals surface area contributed by atoms with Crippen molar-refractivity contribution in [3.8, 4) is 6.07 Å². The highest BCUT2D eigenvalue weighted by Crippen LogP contribution is 2.19. The Hall–Kier alpha value is -0.590. The molecule has 1 rings (SSSR count). The maximum Gasteiger partial charge on any atom is 0.106 e. The molecule has 0 aliphatic carbocycles. The number of hydrogen-bond acceptors (Lipinski definition) is 3. The summed E-state index contributed by atoms with van der Waals surface area (Å²) in [6, 6.07) is 1.78. The first-order valence-electron chi connectivity index (χ1n) is 5.63. The molecule has 2 unspecified atom stereocenters. The fourth-order valence-corrected chi connectivity index (χ4v) is 2.13. The zero-order valence-electron chi connectivity index (χ0n) is 9.08. The zero-order chi connectivity index (χ0) is 10.4. The number of rotatable bonds is 3. The van der Waals surface area contributed by atoms with Crippen LogP contribution in [0.5, 0.6) is 0 Å². The molecular formula is C11H21N3. The summed E-state index contributed by atoms with van der Waals surface area (Å²) in [6.45, 7) is 5.24. The van der Waals surface area contributed by atoms with Crippen LogP contribution in [0.2, 0.25) is 0 Å². The summed E-state index contributed by atoms with van der Waals surface area (Å²) in [5.74, 6) is 0.887. The Labute approximate surface area is 86.9 Å². The lowest BCUT2D eigenvalue weighted by Gasteiger charge is -2.20. The highest BCUT2D eigenvalue weighted by atomic mass is 15.1. The summed E-state index contributed by atoms with van der Waals surface area (Å²) >= 11 is 0. The van der Waals surface area contributed by atoms with Crippen molar-refractivity contribution in [1.82, 2.24) is 4.90 Å². The first-order valence-corrected chi connectivity index (χ1v) is 5.63. The van der Waals surface area contributed by atoms with Gasteiger partial charge in [-0.1, -0.05) is 13.3 Å². The first kappa shape index (κ1) is 11.5. The van der Waals surface area contributed by atoms with E-state index in [9.17, 15) is 0 Å². The molecule has 3 nitrogen and oxygen atoms in total. The van der Waals surface area contributed by atoms with Crippen LogP contribution in [-0.4, -0.2) is 30.6 Å². The molecule has 2 atom stereocenters. The zero-order valence-corrected chi connectivity index (χ0v) is 9.08. The first-order chi connectivity index (χ1) is 6.76. The Bertz CT molecular complexity index is 197. The smallest absolute Gasteiger partial charge is 0.106 e. The predicted octanol–water partition coefficient (Wildman–Crippen LogP) is 1.35. The minimum atomic E-state index is -0.312. The summed E-state index contributed by atoms with van der Waals surface area (Å²) < 4.78 is 0. The van der Waals surface area contributed by atoms with Gasteiger partial charge in [0, 0.05) is 6.54 Å². The van der Waals surface area contributed by atoms with Crippen LogP contribution < -0.4 is 5.73 Å². The van der Waals surface area contributed by atoms with Gasteiger partial charge in [0.25, 0.3) is 0 Å². The van der Waals surface area contributed by atoms with E-state index in [0.29, 0.717) is 0 Å². The summed E-state index contributed by atoms with van der Waals surface area (Å²) in [4.78, 5) is 2.34. The second-order valence-electron chi connectivity index (χ2n) is 4.24. The van der Waals surface area contributed by atoms with Gasteiger partial charge in [0.15, 0.2) is 0 Å². The van der Waals surface area contributed by atoms with E-state index in [1.807, 2.05) is 0 Å². The van der Waals surface area contributed by atoms with Crippen molar-refractivity contribution in [2.75, 3.05) is 19.6 Å². The molecule has 0 spiro atoms. The van der Waals surface area contributed by atoms with Gasteiger partial charge in [-0.05, 0) is 38.3 Å². The third-order valence-corrected chi connectivity index (χ3v) is 3.14. The molecule has 0 radical (unpaired) electrons. The van der Waals surface area contributed by atoms with Gasteiger partial charge in [0.05, 0.1) is 6.07 Å². The van der Waals surface area contributed by atoms with E-state index in [1.165, 1.54) is 25.7 Å². The third-order valence-electron chi connectivity index (χ3n) is 3.14. The largest absolute Gasteiger partial charge is 0.315 e. The normalized spacial score (nSPS) is 26.5. The van der Waals surface area contributed by atoms with Crippen LogP contribution in [0.25, 0.3) is 0 Å². The van der Waals surface area contributed by atoms with Crippen molar-refractivity contribution in [3.05, 3.63) is 0 Å². The van der Waals surface area contributed by atoms with Crippen molar-refractivity contribution < 1.29 is 0 Å². The number of nitrogens with zero attached hydrogens (tertiary/aromatic N) is 2. The van der Waals surface area contributed by atoms with Crippen LogP contribution in [0, 0.1) is 17.2 Å². The van der Waals surface area contributed by atoms with Gasteiger partial charge in [0.1, 0.15) is 6.04 Å². The molecular weight excluding hydrogens is 174 g/mol. The minimum absolute atomic E-state index is 0.312. The Morgan fingerprint density at radius 2 is 2.29 bits per heavy atom. The number of likely N-dealkylation sites (tertiary alicyclic amines) is 1. The van der Waals surface area contributed by atoms with Crippen molar-refractivity contribution in [2.45, 2.75) is 38.6 Å². The van der Waals surface area contributed by atoms with Crippen LogP contribution in [0.15, 0.2) is 0 Å². The molecule has 1 aliphatic heterocycles. The number of hydrogen-bond donors (Lipinski definition) is 1. The standard InChI is InChI=1S/C11H21N3/c1-2-10-4-3-6-14(7-5-10)9-11(13)8-12/h10-11H,2-7,9,13H2,1H3. The van der Waals surface area contributed by atoms with Crippen molar-refractivity contribution in [2.24, 2.45) is 11.7 Å². The average molecular weight is 195 g/mol. The monoisotopic (exact) mass is 195 g/mol. The molecule has 0 amide bonds. The second-order valence-corrected chi connectivity index (χ2v) is 4.24. The molecule has 1 saturated heterocycles. The Balaban J connectivity index is 2.31. The van der Waals surface area contributed by atoms with Gasteiger partial charge in [-0.3, -0.25) is 0 Å². The molecule has 0 saturated carbocycles. The number of nitrogens with two attached hydrogens (primary N) is 1. The molecule has 1 heterocycles. The SMILES string of the molecule is CCC1CCCN(CC(N)C#N)CC1. The topological polar surface area (TPSA) is 53.0 Å². The second kappa shape index (κ2) is 6.00. The van der Waals surface area contributed by atoms with Gasteiger partial charge in [-0.2, -0.15) is 5.26 Å². The molecule has 14 heavy (non-hydrogen) atoms. The predicted molar refractivity (Wildman–Crippen MR) is 57.7 cm³/mol. The maximum atomic E-state index is 8.63. The average Bonchev–Trinajstić information content (AvgIpc) is 2.43. The lowest BCUT2D eigenvalue weighted by Crippen LogP contribution is -2.37. The molecule has 0 aromatic rings.